The smallest absolute Gasteiger partial charge is 0.233 e. The van der Waals surface area contributed by atoms with Gasteiger partial charge in [-0.15, -0.1) is 0 Å². The Hall–Kier alpha value is -1.16. The number of likely N-dealkylation sites (tertiary alicyclic amines) is 1. The van der Waals surface area contributed by atoms with Crippen molar-refractivity contribution >= 4 is 11.8 Å². The van der Waals surface area contributed by atoms with Crippen LogP contribution in [0.15, 0.2) is 12.2 Å². The van der Waals surface area contributed by atoms with Crippen LogP contribution in [-0.2, 0) is 9.59 Å². The summed E-state index contributed by atoms with van der Waals surface area (Å²) in [6, 6.07) is 1.19. The number of hydrogen-bond donors (Lipinski definition) is 1. The topological polar surface area (TPSA) is 49.4 Å². The Bertz CT molecular complexity index is 421. The lowest BCUT2D eigenvalue weighted by molar-refractivity contribution is -0.143. The van der Waals surface area contributed by atoms with E-state index < -0.39 is 0 Å². The Morgan fingerprint density at radius 2 is 1.47 bits per heavy atom. The molecule has 102 valence electrons. The average Bonchev–Trinajstić information content (AvgIpc) is 2.89. The first kappa shape index (κ1) is 11.6. The molecular weight excluding hydrogens is 240 g/mol. The van der Waals surface area contributed by atoms with Crippen molar-refractivity contribution in [1.29, 1.82) is 0 Å². The first-order valence-electron chi connectivity index (χ1n) is 7.52. The molecule has 4 aliphatic rings. The Morgan fingerprint density at radius 1 is 0.947 bits per heavy atom. The molecule has 2 bridgehead atoms. The Balaban J connectivity index is 1.58. The van der Waals surface area contributed by atoms with Gasteiger partial charge in [-0.05, 0) is 38.5 Å². The molecule has 3 fully saturated rings. The summed E-state index contributed by atoms with van der Waals surface area (Å²) in [7, 11) is 0. The lowest BCUT2D eigenvalue weighted by Gasteiger charge is -2.34. The molecule has 1 N–H and O–H groups in total. The molecule has 0 aromatic carbocycles. The van der Waals surface area contributed by atoms with Crippen molar-refractivity contribution in [3.05, 3.63) is 12.2 Å². The van der Waals surface area contributed by atoms with Crippen molar-refractivity contribution in [1.82, 2.24) is 10.2 Å². The molecule has 2 unspecified atom stereocenters. The number of nitrogens with zero attached hydrogens (tertiary/aromatic N) is 1. The van der Waals surface area contributed by atoms with Gasteiger partial charge in [-0.25, -0.2) is 0 Å². The van der Waals surface area contributed by atoms with E-state index in [1.807, 2.05) is 0 Å². The minimum atomic E-state index is -0.0648. The molecule has 0 spiro atoms. The molecule has 4 nitrogen and oxygen atoms in total. The number of fused-ring (bicyclic) bond motifs is 3. The van der Waals surface area contributed by atoms with Crippen molar-refractivity contribution in [2.45, 2.75) is 56.7 Å². The molecule has 0 aromatic rings. The van der Waals surface area contributed by atoms with E-state index in [9.17, 15) is 9.59 Å². The molecule has 3 heterocycles. The number of hydrogen-bond acceptors (Lipinski definition) is 3. The summed E-state index contributed by atoms with van der Waals surface area (Å²) in [5.74, 6) is 0.0753. The van der Waals surface area contributed by atoms with Crippen molar-refractivity contribution in [3.63, 3.8) is 0 Å². The summed E-state index contributed by atoms with van der Waals surface area (Å²) in [6.45, 7) is 0. The van der Waals surface area contributed by atoms with Gasteiger partial charge < -0.3 is 5.32 Å². The number of nitrogens with one attached hydrogen (secondary N) is 1. The van der Waals surface area contributed by atoms with Gasteiger partial charge in [0.25, 0.3) is 0 Å². The van der Waals surface area contributed by atoms with Crippen molar-refractivity contribution < 1.29 is 9.59 Å². The zero-order chi connectivity index (χ0) is 13.0. The maximum atomic E-state index is 12.5. The van der Waals surface area contributed by atoms with Crippen LogP contribution < -0.4 is 5.32 Å². The first-order chi connectivity index (χ1) is 9.24. The first-order valence-corrected chi connectivity index (χ1v) is 7.52. The highest BCUT2D eigenvalue weighted by Crippen LogP contribution is 2.39. The highest BCUT2D eigenvalue weighted by molar-refractivity contribution is 6.05. The van der Waals surface area contributed by atoms with Crippen LogP contribution in [0.25, 0.3) is 0 Å². The van der Waals surface area contributed by atoms with Gasteiger partial charge in [0.15, 0.2) is 0 Å². The fraction of sp³-hybridized carbons (Fsp3) is 0.733. The van der Waals surface area contributed by atoms with Crippen LogP contribution in [0.2, 0.25) is 0 Å². The van der Waals surface area contributed by atoms with Crippen molar-refractivity contribution in [3.8, 4) is 0 Å². The third-order valence-corrected chi connectivity index (χ3v) is 5.35. The van der Waals surface area contributed by atoms with Crippen LogP contribution in [-0.4, -0.2) is 34.8 Å². The summed E-state index contributed by atoms with van der Waals surface area (Å²) >= 11 is 0. The third-order valence-electron chi connectivity index (χ3n) is 5.35. The van der Waals surface area contributed by atoms with Crippen LogP contribution in [0.4, 0.5) is 0 Å². The Kier molecular flexibility index (Phi) is 2.56. The fourth-order valence-corrected chi connectivity index (χ4v) is 4.42. The molecule has 4 atom stereocenters. The molecule has 1 aliphatic carbocycles. The second kappa shape index (κ2) is 4.17. The molecule has 3 aliphatic heterocycles. The maximum Gasteiger partial charge on any atom is 0.233 e. The standard InChI is InChI=1S/C15H20N2O2/c18-14-12-3-1-2-4-13(12)15(19)17(14)11-7-9-5-6-10(8-11)16-9/h1-2,9-13,16H,3-8H2/t9?,10?,11?,12-,13+. The number of carbonyl (C=O) groups is 2. The Labute approximate surface area is 113 Å². The van der Waals surface area contributed by atoms with Gasteiger partial charge in [-0.1, -0.05) is 12.2 Å². The lowest BCUT2D eigenvalue weighted by atomic mass is 9.85. The molecule has 3 saturated heterocycles. The van der Waals surface area contributed by atoms with Gasteiger partial charge in [0, 0.05) is 18.1 Å². The van der Waals surface area contributed by atoms with Gasteiger partial charge in [-0.3, -0.25) is 14.5 Å². The highest BCUT2D eigenvalue weighted by Gasteiger charge is 2.51. The normalized spacial score (nSPS) is 44.8. The number of allylic oxidation sites excluding steroid dienone is 2. The summed E-state index contributed by atoms with van der Waals surface area (Å²) in [5, 5.41) is 3.57. The predicted molar refractivity (Wildman–Crippen MR) is 70.2 cm³/mol. The summed E-state index contributed by atoms with van der Waals surface area (Å²) in [4.78, 5) is 26.7. The number of rotatable bonds is 1. The van der Waals surface area contributed by atoms with E-state index in [0.717, 1.165) is 25.7 Å². The number of amides is 2. The Morgan fingerprint density at radius 3 is 2.00 bits per heavy atom. The van der Waals surface area contributed by atoms with Gasteiger partial charge >= 0.3 is 0 Å². The van der Waals surface area contributed by atoms with Gasteiger partial charge in [0.05, 0.1) is 11.8 Å². The third kappa shape index (κ3) is 1.69. The van der Waals surface area contributed by atoms with Crippen molar-refractivity contribution in [2.24, 2.45) is 11.8 Å². The van der Waals surface area contributed by atoms with E-state index in [2.05, 4.69) is 17.5 Å². The average molecular weight is 260 g/mol. The van der Waals surface area contributed by atoms with Gasteiger partial charge in [0.1, 0.15) is 0 Å². The summed E-state index contributed by atoms with van der Waals surface area (Å²) in [6.07, 6.45) is 9.94. The zero-order valence-corrected chi connectivity index (χ0v) is 11.0. The summed E-state index contributed by atoms with van der Waals surface area (Å²) in [5.41, 5.74) is 0. The summed E-state index contributed by atoms with van der Waals surface area (Å²) < 4.78 is 0. The molecular formula is C15H20N2O2. The molecule has 4 heteroatoms. The van der Waals surface area contributed by atoms with E-state index in [4.69, 9.17) is 0 Å². The molecule has 0 aromatic heterocycles. The minimum Gasteiger partial charge on any atom is -0.311 e. The zero-order valence-electron chi connectivity index (χ0n) is 11.0. The van der Waals surface area contributed by atoms with Crippen LogP contribution >= 0.6 is 0 Å². The maximum absolute atomic E-state index is 12.5. The van der Waals surface area contributed by atoms with Crippen LogP contribution in [0, 0.1) is 11.8 Å². The van der Waals surface area contributed by atoms with E-state index >= 15 is 0 Å². The van der Waals surface area contributed by atoms with E-state index in [0.29, 0.717) is 12.1 Å². The van der Waals surface area contributed by atoms with Crippen LogP contribution in [0.1, 0.15) is 38.5 Å². The number of imide groups is 1. The van der Waals surface area contributed by atoms with E-state index in [-0.39, 0.29) is 29.7 Å². The lowest BCUT2D eigenvalue weighted by Crippen LogP contribution is -2.50. The predicted octanol–water partition coefficient (Wildman–Crippen LogP) is 1.22. The van der Waals surface area contributed by atoms with Crippen LogP contribution in [0.5, 0.6) is 0 Å². The highest BCUT2D eigenvalue weighted by atomic mass is 16.2. The number of carbonyl (C=O) groups excluding carboxylic acids is 2. The van der Waals surface area contributed by atoms with Gasteiger partial charge in [-0.2, -0.15) is 0 Å². The fourth-order valence-electron chi connectivity index (χ4n) is 4.42. The van der Waals surface area contributed by atoms with Gasteiger partial charge in [0.2, 0.25) is 11.8 Å². The molecule has 2 amide bonds. The minimum absolute atomic E-state index is 0.0648. The van der Waals surface area contributed by atoms with E-state index in [1.54, 1.807) is 4.90 Å². The van der Waals surface area contributed by atoms with Crippen molar-refractivity contribution in [2.75, 3.05) is 0 Å². The SMILES string of the molecule is O=C1[C@H]2CC=CC[C@H]2C(=O)N1C1CC2CCC(C1)N2. The largest absolute Gasteiger partial charge is 0.311 e. The monoisotopic (exact) mass is 260 g/mol. The molecule has 4 rings (SSSR count). The van der Waals surface area contributed by atoms with E-state index in [1.165, 1.54) is 12.8 Å². The molecule has 0 saturated carbocycles. The molecule has 19 heavy (non-hydrogen) atoms. The second-order valence-electron chi connectivity index (χ2n) is 6.47. The second-order valence-corrected chi connectivity index (χ2v) is 6.47. The quantitative estimate of drug-likeness (QED) is 0.569. The number of piperidine rings is 1. The van der Waals surface area contributed by atoms with Crippen LogP contribution in [0.3, 0.4) is 0 Å². The molecule has 0 radical (unpaired) electrons.